The van der Waals surface area contributed by atoms with Crippen molar-refractivity contribution in [1.29, 1.82) is 0 Å². The van der Waals surface area contributed by atoms with Crippen LogP contribution >= 0.6 is 0 Å². The number of nitrogens with one attached hydrogen (secondary N) is 2. The van der Waals surface area contributed by atoms with Crippen LogP contribution in [0.3, 0.4) is 0 Å². The number of benzene rings is 3. The molecule has 1 aromatic heterocycles. The lowest BCUT2D eigenvalue weighted by Crippen LogP contribution is -2.27. The van der Waals surface area contributed by atoms with E-state index in [1.807, 2.05) is 31.3 Å². The molecule has 0 aliphatic heterocycles. The quantitative estimate of drug-likeness (QED) is 0.333. The van der Waals surface area contributed by atoms with E-state index in [-0.39, 0.29) is 17.9 Å². The number of anilines is 2. The van der Waals surface area contributed by atoms with E-state index in [1.165, 1.54) is 6.33 Å². The number of aromatic nitrogens is 3. The van der Waals surface area contributed by atoms with Gasteiger partial charge in [-0.05, 0) is 68.1 Å². The van der Waals surface area contributed by atoms with Gasteiger partial charge in [-0.1, -0.05) is 24.3 Å². The van der Waals surface area contributed by atoms with Crippen LogP contribution in [0.2, 0.25) is 0 Å². The van der Waals surface area contributed by atoms with Gasteiger partial charge in [-0.15, -0.1) is 0 Å². The molecular formula is C28H30N6O3. The summed E-state index contributed by atoms with van der Waals surface area (Å²) in [6.45, 7) is 2.70. The summed E-state index contributed by atoms with van der Waals surface area (Å²) in [6.07, 6.45) is 3.51. The van der Waals surface area contributed by atoms with Crippen molar-refractivity contribution in [2.75, 3.05) is 31.3 Å². The molecule has 4 aromatic rings. The fraction of sp³-hybridized carbons (Fsp3) is 0.214. The third-order valence-electron chi connectivity index (χ3n) is 6.20. The molecule has 1 atom stereocenters. The van der Waals surface area contributed by atoms with Gasteiger partial charge >= 0.3 is 0 Å². The summed E-state index contributed by atoms with van der Waals surface area (Å²) in [5.74, 6) is 0.238. The molecule has 2 N–H and O–H groups in total. The van der Waals surface area contributed by atoms with E-state index < -0.39 is 0 Å². The number of ether oxygens (including phenoxy) is 1. The minimum atomic E-state index is -0.257. The second-order valence-electron chi connectivity index (χ2n) is 8.62. The minimum Gasteiger partial charge on any atom is -0.495 e. The average molecular weight is 499 g/mol. The Morgan fingerprint density at radius 1 is 1.00 bits per heavy atom. The zero-order chi connectivity index (χ0) is 26.2. The summed E-state index contributed by atoms with van der Waals surface area (Å²) in [4.78, 5) is 31.2. The van der Waals surface area contributed by atoms with Gasteiger partial charge < -0.3 is 15.4 Å². The molecule has 37 heavy (non-hydrogen) atoms. The van der Waals surface area contributed by atoms with Gasteiger partial charge in [0.25, 0.3) is 5.91 Å². The maximum Gasteiger partial charge on any atom is 0.255 e. The lowest BCUT2D eigenvalue weighted by Gasteiger charge is -2.25. The van der Waals surface area contributed by atoms with Gasteiger partial charge in [0, 0.05) is 30.3 Å². The van der Waals surface area contributed by atoms with Crippen LogP contribution in [-0.2, 0) is 4.79 Å². The number of rotatable bonds is 10. The zero-order valence-electron chi connectivity index (χ0n) is 21.1. The minimum absolute atomic E-state index is 0.0909. The van der Waals surface area contributed by atoms with Crippen LogP contribution in [0.5, 0.6) is 5.75 Å². The van der Waals surface area contributed by atoms with E-state index in [1.54, 1.807) is 54.5 Å². The molecule has 9 heteroatoms. The lowest BCUT2D eigenvalue weighted by molar-refractivity contribution is -0.116. The summed E-state index contributed by atoms with van der Waals surface area (Å²) in [5, 5.41) is 9.88. The van der Waals surface area contributed by atoms with Gasteiger partial charge in [-0.2, -0.15) is 5.10 Å². The zero-order valence-corrected chi connectivity index (χ0v) is 21.1. The van der Waals surface area contributed by atoms with Crippen LogP contribution in [0.25, 0.3) is 5.69 Å². The van der Waals surface area contributed by atoms with Crippen molar-refractivity contribution in [3.8, 4) is 11.4 Å². The first-order valence-electron chi connectivity index (χ1n) is 11.9. The molecule has 9 nitrogen and oxygen atoms in total. The molecule has 1 unspecified atom stereocenters. The van der Waals surface area contributed by atoms with Crippen molar-refractivity contribution in [2.45, 2.75) is 19.4 Å². The highest BCUT2D eigenvalue weighted by atomic mass is 16.5. The third kappa shape index (κ3) is 6.59. The standard InChI is InChI=1S/C28H30N6O3/c1-20(21-10-14-24(15-11-21)34-19-29-18-30-34)33(2)17-16-27(35)31-23-12-8-22(9-13-23)28(36)32-25-6-4-5-7-26(25)37-3/h4-15,18-20H,16-17H2,1-3H3,(H,31,35)(H,32,36). The normalized spacial score (nSPS) is 11.7. The lowest BCUT2D eigenvalue weighted by atomic mass is 10.1. The van der Waals surface area contributed by atoms with Crippen LogP contribution in [0.15, 0.2) is 85.5 Å². The molecule has 4 rings (SSSR count). The second kappa shape index (κ2) is 12.0. The fourth-order valence-electron chi connectivity index (χ4n) is 3.84. The van der Waals surface area contributed by atoms with Gasteiger partial charge in [0.15, 0.2) is 0 Å². The Kier molecular flexibility index (Phi) is 8.27. The van der Waals surface area contributed by atoms with Gasteiger partial charge in [-0.25, -0.2) is 9.67 Å². The first kappa shape index (κ1) is 25.6. The Morgan fingerprint density at radius 3 is 2.41 bits per heavy atom. The average Bonchev–Trinajstić information content (AvgIpc) is 3.47. The molecule has 3 aromatic carbocycles. The highest BCUT2D eigenvalue weighted by Crippen LogP contribution is 2.24. The van der Waals surface area contributed by atoms with Crippen molar-refractivity contribution < 1.29 is 14.3 Å². The summed E-state index contributed by atoms with van der Waals surface area (Å²) >= 11 is 0. The predicted molar refractivity (Wildman–Crippen MR) is 143 cm³/mol. The number of carbonyl (C=O) groups excluding carboxylic acids is 2. The third-order valence-corrected chi connectivity index (χ3v) is 6.20. The smallest absolute Gasteiger partial charge is 0.255 e. The SMILES string of the molecule is COc1ccccc1NC(=O)c1ccc(NC(=O)CCN(C)C(C)c2ccc(-n3cncn3)cc2)cc1. The van der Waals surface area contributed by atoms with Gasteiger partial charge in [0.2, 0.25) is 5.91 Å². The number of hydrogen-bond acceptors (Lipinski definition) is 6. The fourth-order valence-corrected chi connectivity index (χ4v) is 3.84. The van der Waals surface area contributed by atoms with E-state index >= 15 is 0 Å². The first-order chi connectivity index (χ1) is 17.9. The molecule has 1 heterocycles. The van der Waals surface area contributed by atoms with Crippen molar-refractivity contribution in [1.82, 2.24) is 19.7 Å². The van der Waals surface area contributed by atoms with Crippen molar-refractivity contribution >= 4 is 23.2 Å². The maximum absolute atomic E-state index is 12.6. The summed E-state index contributed by atoms with van der Waals surface area (Å²) in [7, 11) is 3.55. The first-order valence-corrected chi connectivity index (χ1v) is 11.9. The van der Waals surface area contributed by atoms with E-state index in [2.05, 4.69) is 44.7 Å². The molecule has 190 valence electrons. The molecule has 0 spiro atoms. The topological polar surface area (TPSA) is 101 Å². The van der Waals surface area contributed by atoms with Crippen LogP contribution in [-0.4, -0.2) is 52.2 Å². The van der Waals surface area contributed by atoms with Crippen LogP contribution < -0.4 is 15.4 Å². The van der Waals surface area contributed by atoms with E-state index in [9.17, 15) is 9.59 Å². The summed E-state index contributed by atoms with van der Waals surface area (Å²) < 4.78 is 6.98. The number of hydrogen-bond donors (Lipinski definition) is 2. The largest absolute Gasteiger partial charge is 0.495 e. The number of nitrogens with zero attached hydrogens (tertiary/aromatic N) is 4. The van der Waals surface area contributed by atoms with Crippen molar-refractivity contribution in [3.63, 3.8) is 0 Å². The van der Waals surface area contributed by atoms with Gasteiger partial charge in [-0.3, -0.25) is 14.5 Å². The predicted octanol–water partition coefficient (Wildman–Crippen LogP) is 4.55. The maximum atomic E-state index is 12.6. The van der Waals surface area contributed by atoms with Crippen LogP contribution in [0.1, 0.15) is 35.3 Å². The molecule has 0 saturated carbocycles. The van der Waals surface area contributed by atoms with Crippen LogP contribution in [0, 0.1) is 0 Å². The Balaban J connectivity index is 1.26. The number of carbonyl (C=O) groups is 2. The number of para-hydroxylation sites is 2. The molecule has 0 bridgehead atoms. The Bertz CT molecular complexity index is 1320. The molecule has 0 aliphatic rings. The highest BCUT2D eigenvalue weighted by Gasteiger charge is 2.14. The molecule has 0 saturated heterocycles. The van der Waals surface area contributed by atoms with E-state index in [0.717, 1.165) is 11.3 Å². The summed E-state index contributed by atoms with van der Waals surface area (Å²) in [5.41, 5.74) is 3.80. The van der Waals surface area contributed by atoms with Gasteiger partial charge in [0.05, 0.1) is 18.5 Å². The Labute approximate surface area is 216 Å². The molecule has 2 amide bonds. The molecular weight excluding hydrogens is 468 g/mol. The Morgan fingerprint density at radius 2 is 1.73 bits per heavy atom. The number of methoxy groups -OCH3 is 1. The van der Waals surface area contributed by atoms with Crippen molar-refractivity contribution in [3.05, 3.63) is 96.6 Å². The second-order valence-corrected chi connectivity index (χ2v) is 8.62. The van der Waals surface area contributed by atoms with Crippen LogP contribution in [0.4, 0.5) is 11.4 Å². The van der Waals surface area contributed by atoms with Crippen molar-refractivity contribution in [2.24, 2.45) is 0 Å². The van der Waals surface area contributed by atoms with Gasteiger partial charge in [0.1, 0.15) is 18.4 Å². The van der Waals surface area contributed by atoms with E-state index in [0.29, 0.717) is 35.7 Å². The monoisotopic (exact) mass is 498 g/mol. The Hall–Kier alpha value is -4.50. The molecule has 0 aliphatic carbocycles. The highest BCUT2D eigenvalue weighted by molar-refractivity contribution is 6.05. The molecule has 0 radical (unpaired) electrons. The summed E-state index contributed by atoms with van der Waals surface area (Å²) in [6, 6.07) is 22.3. The molecule has 0 fully saturated rings. The number of amides is 2. The van der Waals surface area contributed by atoms with E-state index in [4.69, 9.17) is 4.74 Å².